The predicted octanol–water partition coefficient (Wildman–Crippen LogP) is 4.51. The van der Waals surface area contributed by atoms with Gasteiger partial charge in [0.25, 0.3) is 5.91 Å². The van der Waals surface area contributed by atoms with Crippen molar-refractivity contribution < 1.29 is 23.5 Å². The van der Waals surface area contributed by atoms with Gasteiger partial charge in [-0.25, -0.2) is 10.2 Å². The van der Waals surface area contributed by atoms with Crippen molar-refractivity contribution in [2.45, 2.75) is 13.8 Å². The molecule has 32 heavy (non-hydrogen) atoms. The normalized spacial score (nSPS) is 10.9. The number of nitrogens with zero attached hydrogens (tertiary/aromatic N) is 1. The van der Waals surface area contributed by atoms with Crippen LogP contribution in [0.4, 0.5) is 5.69 Å². The highest BCUT2D eigenvalue weighted by Gasteiger charge is 2.14. The largest absolute Gasteiger partial charge is 0.457 e. The summed E-state index contributed by atoms with van der Waals surface area (Å²) in [6.07, 6.45) is 2.67. The van der Waals surface area contributed by atoms with Gasteiger partial charge in [-0.3, -0.25) is 9.59 Å². The molecule has 8 nitrogen and oxygen atoms in total. The molecule has 0 saturated heterocycles. The van der Waals surface area contributed by atoms with Crippen LogP contribution < -0.4 is 15.5 Å². The van der Waals surface area contributed by atoms with E-state index in [-0.39, 0.29) is 23.3 Å². The van der Waals surface area contributed by atoms with Gasteiger partial charge >= 0.3 is 5.97 Å². The molecule has 0 atom stereocenters. The van der Waals surface area contributed by atoms with Crippen LogP contribution in [0.2, 0.25) is 5.02 Å². The van der Waals surface area contributed by atoms with Gasteiger partial charge in [0.15, 0.2) is 0 Å². The lowest BCUT2D eigenvalue weighted by atomic mass is 10.1. The van der Waals surface area contributed by atoms with Crippen LogP contribution >= 0.6 is 11.6 Å². The summed E-state index contributed by atoms with van der Waals surface area (Å²) < 4.78 is 10.3. The third kappa shape index (κ3) is 6.05. The number of esters is 1. The van der Waals surface area contributed by atoms with Crippen molar-refractivity contribution in [3.63, 3.8) is 0 Å². The van der Waals surface area contributed by atoms with E-state index in [1.807, 2.05) is 0 Å². The van der Waals surface area contributed by atoms with E-state index >= 15 is 0 Å². The number of hydrogen-bond donors (Lipinski definition) is 2. The highest BCUT2D eigenvalue weighted by atomic mass is 35.5. The molecule has 0 unspecified atom stereocenters. The molecule has 3 rings (SSSR count). The minimum Gasteiger partial charge on any atom is -0.457 e. The molecule has 0 saturated carbocycles. The Balaban J connectivity index is 1.65. The molecule has 2 amide bonds. The SMILES string of the molecule is CC(C)C(=O)Nc1ccc(C(=O)N/N=C/c2cc(Cl)ccc2OC(=O)c2ccco2)cc1. The summed E-state index contributed by atoms with van der Waals surface area (Å²) in [5, 5.41) is 7.06. The minimum absolute atomic E-state index is 0.0455. The molecule has 1 heterocycles. The molecule has 0 aliphatic rings. The summed E-state index contributed by atoms with van der Waals surface area (Å²) in [6, 6.07) is 14.0. The van der Waals surface area contributed by atoms with Gasteiger partial charge in [0.05, 0.1) is 12.5 Å². The van der Waals surface area contributed by atoms with E-state index in [0.717, 1.165) is 0 Å². The van der Waals surface area contributed by atoms with Crippen LogP contribution in [-0.4, -0.2) is 24.0 Å². The number of nitrogens with one attached hydrogen (secondary N) is 2. The van der Waals surface area contributed by atoms with Gasteiger partial charge in [-0.1, -0.05) is 25.4 Å². The molecule has 2 aromatic carbocycles. The maximum absolute atomic E-state index is 12.3. The number of ether oxygens (including phenoxy) is 1. The van der Waals surface area contributed by atoms with E-state index in [0.29, 0.717) is 21.8 Å². The molecule has 0 aliphatic heterocycles. The smallest absolute Gasteiger partial charge is 0.379 e. The number of rotatable bonds is 7. The molecule has 0 bridgehead atoms. The van der Waals surface area contributed by atoms with E-state index in [1.165, 1.54) is 30.7 Å². The van der Waals surface area contributed by atoms with Crippen LogP contribution in [-0.2, 0) is 4.79 Å². The molecule has 0 fully saturated rings. The van der Waals surface area contributed by atoms with Crippen molar-refractivity contribution in [2.75, 3.05) is 5.32 Å². The molecule has 3 aromatic rings. The van der Waals surface area contributed by atoms with Gasteiger partial charge in [-0.15, -0.1) is 0 Å². The lowest BCUT2D eigenvalue weighted by Gasteiger charge is -2.08. The molecule has 0 radical (unpaired) electrons. The monoisotopic (exact) mass is 453 g/mol. The fraction of sp³-hybridized carbons (Fsp3) is 0.130. The van der Waals surface area contributed by atoms with Crippen LogP contribution in [0.3, 0.4) is 0 Å². The zero-order valence-electron chi connectivity index (χ0n) is 17.3. The Bertz CT molecular complexity index is 1140. The van der Waals surface area contributed by atoms with Crippen LogP contribution in [0, 0.1) is 5.92 Å². The Morgan fingerprint density at radius 1 is 1.09 bits per heavy atom. The van der Waals surface area contributed by atoms with Crippen molar-refractivity contribution in [3.8, 4) is 5.75 Å². The van der Waals surface area contributed by atoms with E-state index < -0.39 is 11.9 Å². The fourth-order valence-corrected chi connectivity index (χ4v) is 2.66. The molecular weight excluding hydrogens is 434 g/mol. The third-order valence-electron chi connectivity index (χ3n) is 4.21. The zero-order chi connectivity index (χ0) is 23.1. The van der Waals surface area contributed by atoms with E-state index in [1.54, 1.807) is 50.2 Å². The fourth-order valence-electron chi connectivity index (χ4n) is 2.47. The molecule has 164 valence electrons. The molecule has 9 heteroatoms. The average Bonchev–Trinajstić information content (AvgIpc) is 3.31. The lowest BCUT2D eigenvalue weighted by molar-refractivity contribution is -0.118. The summed E-state index contributed by atoms with van der Waals surface area (Å²) >= 11 is 6.02. The number of halogens is 1. The van der Waals surface area contributed by atoms with Crippen LogP contribution in [0.5, 0.6) is 5.75 Å². The molecular formula is C23H20ClN3O5. The first-order valence-electron chi connectivity index (χ1n) is 9.63. The third-order valence-corrected chi connectivity index (χ3v) is 4.44. The van der Waals surface area contributed by atoms with Gasteiger partial charge in [-0.2, -0.15) is 5.10 Å². The number of benzene rings is 2. The first-order chi connectivity index (χ1) is 15.3. The van der Waals surface area contributed by atoms with Crippen molar-refractivity contribution in [2.24, 2.45) is 11.0 Å². The summed E-state index contributed by atoms with van der Waals surface area (Å²) in [6.45, 7) is 3.58. The standard InChI is InChI=1S/C23H20ClN3O5/c1-14(2)21(28)26-18-8-5-15(6-9-18)22(29)27-25-13-16-12-17(24)7-10-19(16)32-23(30)20-4-3-11-31-20/h3-14H,1-2H3,(H,26,28)(H,27,29)/b25-13+. The number of furan rings is 1. The van der Waals surface area contributed by atoms with Gasteiger partial charge in [0, 0.05) is 27.8 Å². The highest BCUT2D eigenvalue weighted by molar-refractivity contribution is 6.31. The second kappa shape index (κ2) is 10.4. The number of carbonyl (C=O) groups is 3. The maximum atomic E-state index is 12.3. The molecule has 0 spiro atoms. The van der Waals surface area contributed by atoms with Crippen molar-refractivity contribution in [1.82, 2.24) is 5.43 Å². The van der Waals surface area contributed by atoms with Crippen LogP contribution in [0.1, 0.15) is 40.3 Å². The maximum Gasteiger partial charge on any atom is 0.379 e. The summed E-state index contributed by atoms with van der Waals surface area (Å²) in [7, 11) is 0. The number of amides is 2. The van der Waals surface area contributed by atoms with Crippen LogP contribution in [0.15, 0.2) is 70.4 Å². The second-order valence-corrected chi connectivity index (χ2v) is 7.41. The Labute approximate surface area is 189 Å². The van der Waals surface area contributed by atoms with Crippen LogP contribution in [0.25, 0.3) is 0 Å². The molecule has 0 aliphatic carbocycles. The molecule has 1 aromatic heterocycles. The van der Waals surface area contributed by atoms with E-state index in [2.05, 4.69) is 15.8 Å². The number of hydrogen-bond acceptors (Lipinski definition) is 6. The second-order valence-electron chi connectivity index (χ2n) is 6.97. The van der Waals surface area contributed by atoms with E-state index in [9.17, 15) is 14.4 Å². The van der Waals surface area contributed by atoms with Crippen molar-refractivity contribution >= 4 is 41.3 Å². The number of anilines is 1. The first-order valence-corrected chi connectivity index (χ1v) is 10.0. The van der Waals surface area contributed by atoms with Crippen molar-refractivity contribution in [3.05, 3.63) is 82.8 Å². The Morgan fingerprint density at radius 3 is 2.50 bits per heavy atom. The summed E-state index contributed by atoms with van der Waals surface area (Å²) in [4.78, 5) is 36.2. The Hall–Kier alpha value is -3.91. The van der Waals surface area contributed by atoms with Gasteiger partial charge < -0.3 is 14.5 Å². The predicted molar refractivity (Wildman–Crippen MR) is 120 cm³/mol. The highest BCUT2D eigenvalue weighted by Crippen LogP contribution is 2.22. The van der Waals surface area contributed by atoms with Gasteiger partial charge in [0.2, 0.25) is 11.7 Å². The van der Waals surface area contributed by atoms with Gasteiger partial charge in [-0.05, 0) is 54.6 Å². The van der Waals surface area contributed by atoms with Gasteiger partial charge in [0.1, 0.15) is 5.75 Å². The summed E-state index contributed by atoms with van der Waals surface area (Å²) in [5.74, 6) is -1.16. The number of carbonyl (C=O) groups excluding carboxylic acids is 3. The average molecular weight is 454 g/mol. The van der Waals surface area contributed by atoms with Crippen molar-refractivity contribution in [1.29, 1.82) is 0 Å². The summed E-state index contributed by atoms with van der Waals surface area (Å²) in [5.41, 5.74) is 3.71. The molecule has 2 N–H and O–H groups in total. The first kappa shape index (κ1) is 22.8. The quantitative estimate of drug-likeness (QED) is 0.237. The topological polar surface area (TPSA) is 110 Å². The Morgan fingerprint density at radius 2 is 1.84 bits per heavy atom. The number of hydrazone groups is 1. The Kier molecular flexibility index (Phi) is 7.41. The van der Waals surface area contributed by atoms with E-state index in [4.69, 9.17) is 20.8 Å². The minimum atomic E-state index is -0.680. The lowest BCUT2D eigenvalue weighted by Crippen LogP contribution is -2.19. The zero-order valence-corrected chi connectivity index (χ0v) is 18.1.